The molecular weight excluding hydrogens is 322 g/mol. The van der Waals surface area contributed by atoms with Gasteiger partial charge in [0, 0.05) is 26.7 Å². The van der Waals surface area contributed by atoms with Gasteiger partial charge in [0.2, 0.25) is 5.03 Å². The number of aryl methyl sites for hydroxylation is 1. The Morgan fingerprint density at radius 1 is 1.56 bits per heavy atom. The fourth-order valence-corrected chi connectivity index (χ4v) is 4.48. The first-order valence-corrected chi connectivity index (χ1v) is 7.92. The zero-order chi connectivity index (χ0) is 13.3. The molecule has 0 bridgehead atoms. The molecule has 1 atom stereocenters. The van der Waals surface area contributed by atoms with Crippen molar-refractivity contribution >= 4 is 26.0 Å². The van der Waals surface area contributed by atoms with E-state index in [2.05, 4.69) is 31.6 Å². The van der Waals surface area contributed by atoms with Crippen molar-refractivity contribution in [2.75, 3.05) is 20.1 Å². The molecule has 18 heavy (non-hydrogen) atoms. The van der Waals surface area contributed by atoms with Gasteiger partial charge in [-0.25, -0.2) is 13.1 Å². The lowest BCUT2D eigenvalue weighted by atomic mass is 10.1. The Morgan fingerprint density at radius 2 is 2.28 bits per heavy atom. The van der Waals surface area contributed by atoms with Gasteiger partial charge in [-0.15, -0.1) is 5.10 Å². The number of rotatable bonds is 3. The van der Waals surface area contributed by atoms with Crippen LogP contribution in [0.4, 0.5) is 0 Å². The van der Waals surface area contributed by atoms with E-state index >= 15 is 0 Å². The van der Waals surface area contributed by atoms with Crippen molar-refractivity contribution < 1.29 is 8.42 Å². The summed E-state index contributed by atoms with van der Waals surface area (Å²) in [6.45, 7) is 1.62. The van der Waals surface area contributed by atoms with Crippen LogP contribution in [0.25, 0.3) is 0 Å². The number of aromatic nitrogens is 3. The SMILES string of the molecule is CN(C1CCCNC1)S(=O)(=O)c1c(Br)nnn1C. The van der Waals surface area contributed by atoms with Gasteiger partial charge in [-0.05, 0) is 35.3 Å². The molecule has 7 nitrogen and oxygen atoms in total. The summed E-state index contributed by atoms with van der Waals surface area (Å²) in [5.41, 5.74) is 0. The molecule has 0 amide bonds. The Kier molecular flexibility index (Phi) is 4.05. The summed E-state index contributed by atoms with van der Waals surface area (Å²) in [7, 11) is -0.402. The minimum atomic E-state index is -3.57. The summed E-state index contributed by atoms with van der Waals surface area (Å²) < 4.78 is 27.9. The monoisotopic (exact) mass is 337 g/mol. The molecule has 2 rings (SSSR count). The lowest BCUT2D eigenvalue weighted by Gasteiger charge is -2.30. The molecule has 102 valence electrons. The molecule has 0 radical (unpaired) electrons. The smallest absolute Gasteiger partial charge is 0.263 e. The first-order valence-electron chi connectivity index (χ1n) is 5.68. The van der Waals surface area contributed by atoms with Crippen LogP contribution in [0.3, 0.4) is 0 Å². The molecule has 2 heterocycles. The highest BCUT2D eigenvalue weighted by atomic mass is 79.9. The van der Waals surface area contributed by atoms with Crippen molar-refractivity contribution in [1.29, 1.82) is 0 Å². The van der Waals surface area contributed by atoms with Gasteiger partial charge in [-0.2, -0.15) is 4.31 Å². The van der Waals surface area contributed by atoms with Gasteiger partial charge in [-0.3, -0.25) is 0 Å². The van der Waals surface area contributed by atoms with Crippen LogP contribution in [0.2, 0.25) is 0 Å². The Bertz CT molecular complexity index is 504. The van der Waals surface area contributed by atoms with E-state index in [0.717, 1.165) is 19.4 Å². The maximum atomic E-state index is 12.5. The van der Waals surface area contributed by atoms with Crippen LogP contribution in [0.5, 0.6) is 0 Å². The van der Waals surface area contributed by atoms with Crippen molar-refractivity contribution in [2.45, 2.75) is 23.9 Å². The van der Waals surface area contributed by atoms with Crippen molar-refractivity contribution in [1.82, 2.24) is 24.6 Å². The molecule has 9 heteroatoms. The van der Waals surface area contributed by atoms with E-state index in [-0.39, 0.29) is 15.7 Å². The molecular formula is C9H16BrN5O2S. The second-order valence-electron chi connectivity index (χ2n) is 4.33. The molecule has 0 aromatic carbocycles. The molecule has 1 saturated heterocycles. The Morgan fingerprint density at radius 3 is 2.78 bits per heavy atom. The summed E-state index contributed by atoms with van der Waals surface area (Å²) in [6.07, 6.45) is 1.85. The van der Waals surface area contributed by atoms with Gasteiger partial charge < -0.3 is 5.32 Å². The average molecular weight is 338 g/mol. The maximum Gasteiger partial charge on any atom is 0.263 e. The molecule has 0 spiro atoms. The van der Waals surface area contributed by atoms with Gasteiger partial charge in [0.25, 0.3) is 10.0 Å². The zero-order valence-corrected chi connectivity index (χ0v) is 12.7. The summed E-state index contributed by atoms with van der Waals surface area (Å²) in [5, 5.41) is 10.7. The minimum absolute atomic E-state index is 0.0226. The van der Waals surface area contributed by atoms with Crippen LogP contribution < -0.4 is 5.32 Å². The van der Waals surface area contributed by atoms with E-state index in [0.29, 0.717) is 6.54 Å². The highest BCUT2D eigenvalue weighted by Crippen LogP contribution is 2.24. The van der Waals surface area contributed by atoms with Gasteiger partial charge in [0.1, 0.15) is 0 Å². The van der Waals surface area contributed by atoms with Crippen molar-refractivity contribution in [3.8, 4) is 0 Å². The van der Waals surface area contributed by atoms with Crippen LogP contribution in [-0.2, 0) is 17.1 Å². The fraction of sp³-hybridized carbons (Fsp3) is 0.778. The second-order valence-corrected chi connectivity index (χ2v) is 6.99. The molecule has 0 saturated carbocycles. The minimum Gasteiger partial charge on any atom is -0.315 e. The molecule has 0 aliphatic carbocycles. The second kappa shape index (κ2) is 5.24. The summed E-state index contributed by atoms with van der Waals surface area (Å²) in [6, 6.07) is -0.0226. The van der Waals surface area contributed by atoms with E-state index < -0.39 is 10.0 Å². The lowest BCUT2D eigenvalue weighted by Crippen LogP contribution is -2.47. The predicted molar refractivity (Wildman–Crippen MR) is 69.5 cm³/mol. The molecule has 1 aliphatic heterocycles. The van der Waals surface area contributed by atoms with E-state index in [1.807, 2.05) is 0 Å². The van der Waals surface area contributed by atoms with Crippen LogP contribution >= 0.6 is 15.9 Å². The normalized spacial score (nSPS) is 21.4. The van der Waals surface area contributed by atoms with Gasteiger partial charge in [0.05, 0.1) is 0 Å². The third-order valence-corrected chi connectivity index (χ3v) is 5.94. The molecule has 1 N–H and O–H groups in total. The first-order chi connectivity index (χ1) is 8.44. The number of hydrogen-bond donors (Lipinski definition) is 1. The van der Waals surface area contributed by atoms with E-state index in [1.165, 1.54) is 8.99 Å². The summed E-state index contributed by atoms with van der Waals surface area (Å²) >= 11 is 3.13. The third kappa shape index (κ3) is 2.44. The van der Waals surface area contributed by atoms with E-state index in [4.69, 9.17) is 0 Å². The lowest BCUT2D eigenvalue weighted by molar-refractivity contribution is 0.298. The summed E-state index contributed by atoms with van der Waals surface area (Å²) in [5.74, 6) is 0. The predicted octanol–water partition coefficient (Wildman–Crippen LogP) is -0.0499. The molecule has 1 unspecified atom stereocenters. The fourth-order valence-electron chi connectivity index (χ4n) is 2.07. The summed E-state index contributed by atoms with van der Waals surface area (Å²) in [4.78, 5) is 0. The largest absolute Gasteiger partial charge is 0.315 e. The highest BCUT2D eigenvalue weighted by molar-refractivity contribution is 9.10. The van der Waals surface area contributed by atoms with Crippen molar-refractivity contribution in [2.24, 2.45) is 7.05 Å². The average Bonchev–Trinajstić information content (AvgIpc) is 2.69. The van der Waals surface area contributed by atoms with Crippen molar-refractivity contribution in [3.05, 3.63) is 4.60 Å². The van der Waals surface area contributed by atoms with Gasteiger partial charge >= 0.3 is 0 Å². The quantitative estimate of drug-likeness (QED) is 0.836. The number of halogens is 1. The topological polar surface area (TPSA) is 80.1 Å². The van der Waals surface area contributed by atoms with Crippen LogP contribution in [-0.4, -0.2) is 53.9 Å². The number of hydrogen-bond acceptors (Lipinski definition) is 5. The van der Waals surface area contributed by atoms with Gasteiger partial charge in [-0.1, -0.05) is 5.21 Å². The zero-order valence-electron chi connectivity index (χ0n) is 10.3. The first kappa shape index (κ1) is 13.9. The molecule has 1 aromatic heterocycles. The number of nitrogens with one attached hydrogen (secondary N) is 1. The highest BCUT2D eigenvalue weighted by Gasteiger charge is 2.33. The molecule has 1 aliphatic rings. The number of likely N-dealkylation sites (N-methyl/N-ethyl adjacent to an activating group) is 1. The number of piperidine rings is 1. The molecule has 1 fully saturated rings. The third-order valence-electron chi connectivity index (χ3n) is 3.15. The van der Waals surface area contributed by atoms with Crippen LogP contribution in [0.1, 0.15) is 12.8 Å². The number of nitrogens with zero attached hydrogens (tertiary/aromatic N) is 4. The van der Waals surface area contributed by atoms with Gasteiger partial charge in [0.15, 0.2) is 4.60 Å². The van der Waals surface area contributed by atoms with E-state index in [1.54, 1.807) is 14.1 Å². The Labute approximate surface area is 115 Å². The molecule has 1 aromatic rings. The van der Waals surface area contributed by atoms with Crippen LogP contribution in [0, 0.1) is 0 Å². The van der Waals surface area contributed by atoms with E-state index in [9.17, 15) is 8.42 Å². The Balaban J connectivity index is 2.30. The van der Waals surface area contributed by atoms with Crippen LogP contribution in [0.15, 0.2) is 9.63 Å². The maximum absolute atomic E-state index is 12.5. The Hall–Kier alpha value is -0.510. The standard InChI is InChI=1S/C9H16BrN5O2S/c1-14-9(8(10)12-13-14)18(16,17)15(2)7-4-3-5-11-6-7/h7,11H,3-6H2,1-2H3. The van der Waals surface area contributed by atoms with Crippen molar-refractivity contribution in [3.63, 3.8) is 0 Å². The number of sulfonamides is 1.